The predicted octanol–water partition coefficient (Wildman–Crippen LogP) is 2.23. The second kappa shape index (κ2) is 8.63. The van der Waals surface area contributed by atoms with Crippen molar-refractivity contribution in [3.63, 3.8) is 0 Å². The predicted molar refractivity (Wildman–Crippen MR) is 75.6 cm³/mol. The maximum atomic E-state index is 11.2. The maximum absolute atomic E-state index is 11.2. The summed E-state index contributed by atoms with van der Waals surface area (Å²) in [4.78, 5) is 26.4. The van der Waals surface area contributed by atoms with Crippen LogP contribution in [0.4, 0.5) is 0 Å². The van der Waals surface area contributed by atoms with Crippen LogP contribution in [0.1, 0.15) is 25.0 Å². The van der Waals surface area contributed by atoms with E-state index in [1.165, 1.54) is 12.2 Å². The van der Waals surface area contributed by atoms with Crippen molar-refractivity contribution in [2.45, 2.75) is 13.8 Å². The van der Waals surface area contributed by atoms with E-state index in [2.05, 4.69) is 4.98 Å². The molecule has 0 saturated carbocycles. The van der Waals surface area contributed by atoms with Crippen molar-refractivity contribution < 1.29 is 19.1 Å². The van der Waals surface area contributed by atoms with Gasteiger partial charge in [0.1, 0.15) is 0 Å². The second-order valence-corrected chi connectivity index (χ2v) is 3.72. The van der Waals surface area contributed by atoms with Gasteiger partial charge in [0, 0.05) is 24.5 Å². The molecular formula is C15H17NO4. The molecule has 20 heavy (non-hydrogen) atoms. The lowest BCUT2D eigenvalue weighted by Crippen LogP contribution is -1.99. The van der Waals surface area contributed by atoms with E-state index in [1.807, 2.05) is 0 Å². The van der Waals surface area contributed by atoms with Crippen molar-refractivity contribution in [2.75, 3.05) is 13.2 Å². The molecule has 0 aromatic carbocycles. The smallest absolute Gasteiger partial charge is 0.330 e. The Morgan fingerprint density at radius 3 is 1.85 bits per heavy atom. The van der Waals surface area contributed by atoms with Crippen molar-refractivity contribution in [3.8, 4) is 0 Å². The van der Waals surface area contributed by atoms with E-state index in [9.17, 15) is 9.59 Å². The third-order valence-corrected chi connectivity index (χ3v) is 2.18. The summed E-state index contributed by atoms with van der Waals surface area (Å²) in [7, 11) is 0. The quantitative estimate of drug-likeness (QED) is 0.588. The third-order valence-electron chi connectivity index (χ3n) is 2.18. The number of hydrogen-bond acceptors (Lipinski definition) is 5. The van der Waals surface area contributed by atoms with Gasteiger partial charge in [0.15, 0.2) is 0 Å². The van der Waals surface area contributed by atoms with Crippen LogP contribution in [-0.2, 0) is 19.1 Å². The minimum Gasteiger partial charge on any atom is -0.463 e. The molecule has 5 nitrogen and oxygen atoms in total. The lowest BCUT2D eigenvalue weighted by atomic mass is 10.2. The van der Waals surface area contributed by atoms with Crippen LogP contribution in [0, 0.1) is 0 Å². The van der Waals surface area contributed by atoms with Gasteiger partial charge in [-0.2, -0.15) is 0 Å². The van der Waals surface area contributed by atoms with Gasteiger partial charge in [0.2, 0.25) is 0 Å². The zero-order chi connectivity index (χ0) is 14.8. The van der Waals surface area contributed by atoms with Gasteiger partial charge in [0.05, 0.1) is 13.2 Å². The van der Waals surface area contributed by atoms with Crippen LogP contribution in [0.3, 0.4) is 0 Å². The Morgan fingerprint density at radius 1 is 1.00 bits per heavy atom. The van der Waals surface area contributed by atoms with E-state index in [0.717, 1.165) is 11.1 Å². The highest BCUT2D eigenvalue weighted by Crippen LogP contribution is 2.07. The van der Waals surface area contributed by atoms with E-state index in [1.54, 1.807) is 44.5 Å². The minimum absolute atomic E-state index is 0.337. The van der Waals surface area contributed by atoms with Gasteiger partial charge < -0.3 is 9.47 Å². The zero-order valence-corrected chi connectivity index (χ0v) is 11.5. The third kappa shape index (κ3) is 5.95. The number of aromatic nitrogens is 1. The number of nitrogens with zero attached hydrogens (tertiary/aromatic N) is 1. The molecule has 106 valence electrons. The number of pyridine rings is 1. The van der Waals surface area contributed by atoms with Crippen molar-refractivity contribution >= 4 is 24.1 Å². The largest absolute Gasteiger partial charge is 0.463 e. The topological polar surface area (TPSA) is 65.5 Å². The number of hydrogen-bond donors (Lipinski definition) is 0. The fourth-order valence-electron chi connectivity index (χ4n) is 1.37. The molecule has 1 heterocycles. The summed E-state index contributed by atoms with van der Waals surface area (Å²) in [5, 5.41) is 0. The number of carbonyl (C=O) groups excluding carboxylic acids is 2. The lowest BCUT2D eigenvalue weighted by Gasteiger charge is -1.98. The first kappa shape index (κ1) is 15.6. The van der Waals surface area contributed by atoms with Gasteiger partial charge in [-0.25, -0.2) is 9.59 Å². The van der Waals surface area contributed by atoms with E-state index >= 15 is 0 Å². The molecule has 0 saturated heterocycles. The van der Waals surface area contributed by atoms with Gasteiger partial charge in [-0.3, -0.25) is 4.98 Å². The Bertz CT molecular complexity index is 477. The Labute approximate surface area is 117 Å². The van der Waals surface area contributed by atoms with E-state index < -0.39 is 11.9 Å². The first-order valence-electron chi connectivity index (χ1n) is 6.30. The minimum atomic E-state index is -0.403. The average molecular weight is 275 g/mol. The molecule has 0 radical (unpaired) electrons. The molecule has 1 aromatic rings. The fourth-order valence-corrected chi connectivity index (χ4v) is 1.37. The summed E-state index contributed by atoms with van der Waals surface area (Å²) in [5.74, 6) is -0.806. The van der Waals surface area contributed by atoms with Gasteiger partial charge in [-0.1, -0.05) is 0 Å². The monoisotopic (exact) mass is 275 g/mol. The van der Waals surface area contributed by atoms with Crippen molar-refractivity contribution in [2.24, 2.45) is 0 Å². The van der Waals surface area contributed by atoms with Crippen LogP contribution in [0.5, 0.6) is 0 Å². The molecule has 0 N–H and O–H groups in total. The highest BCUT2D eigenvalue weighted by molar-refractivity contribution is 5.88. The molecule has 0 aliphatic carbocycles. The van der Waals surface area contributed by atoms with Crippen molar-refractivity contribution in [1.29, 1.82) is 0 Å². The van der Waals surface area contributed by atoms with Gasteiger partial charge in [-0.15, -0.1) is 0 Å². The number of carbonyl (C=O) groups is 2. The molecule has 1 aromatic heterocycles. The Balaban J connectivity index is 2.71. The fraction of sp³-hybridized carbons (Fsp3) is 0.267. The number of esters is 2. The molecule has 0 amide bonds. The maximum Gasteiger partial charge on any atom is 0.330 e. The highest BCUT2D eigenvalue weighted by atomic mass is 16.5. The van der Waals surface area contributed by atoms with Gasteiger partial charge in [0.25, 0.3) is 0 Å². The van der Waals surface area contributed by atoms with Crippen LogP contribution in [0.25, 0.3) is 12.2 Å². The zero-order valence-electron chi connectivity index (χ0n) is 11.5. The Morgan fingerprint density at radius 2 is 1.45 bits per heavy atom. The summed E-state index contributed by atoms with van der Waals surface area (Å²) in [6, 6.07) is 1.79. The SMILES string of the molecule is CCOC(=O)/C=C/c1cncc(/C=C/C(=O)OCC)c1. The van der Waals surface area contributed by atoms with Crippen LogP contribution < -0.4 is 0 Å². The lowest BCUT2D eigenvalue weighted by molar-refractivity contribution is -0.138. The summed E-state index contributed by atoms with van der Waals surface area (Å²) in [6.07, 6.45) is 9.09. The van der Waals surface area contributed by atoms with Crippen LogP contribution >= 0.6 is 0 Å². The summed E-state index contributed by atoms with van der Waals surface area (Å²) in [6.45, 7) is 4.16. The second-order valence-electron chi connectivity index (χ2n) is 3.72. The molecule has 0 aliphatic rings. The van der Waals surface area contributed by atoms with Crippen LogP contribution in [0.15, 0.2) is 30.6 Å². The normalized spacial score (nSPS) is 10.9. The van der Waals surface area contributed by atoms with Crippen LogP contribution in [0.2, 0.25) is 0 Å². The average Bonchev–Trinajstić information content (AvgIpc) is 2.44. The van der Waals surface area contributed by atoms with E-state index in [0.29, 0.717) is 13.2 Å². The van der Waals surface area contributed by atoms with E-state index in [4.69, 9.17) is 9.47 Å². The molecule has 0 atom stereocenters. The van der Waals surface area contributed by atoms with Gasteiger partial charge >= 0.3 is 11.9 Å². The number of rotatable bonds is 6. The summed E-state index contributed by atoms with van der Waals surface area (Å²) >= 11 is 0. The van der Waals surface area contributed by atoms with Crippen molar-refractivity contribution in [1.82, 2.24) is 4.98 Å². The molecule has 0 unspecified atom stereocenters. The molecular weight excluding hydrogens is 258 g/mol. The van der Waals surface area contributed by atoms with Crippen molar-refractivity contribution in [3.05, 3.63) is 41.7 Å². The van der Waals surface area contributed by atoms with Crippen LogP contribution in [-0.4, -0.2) is 30.1 Å². The highest BCUT2D eigenvalue weighted by Gasteiger charge is 1.97. The summed E-state index contributed by atoms with van der Waals surface area (Å²) in [5.41, 5.74) is 1.48. The Kier molecular flexibility index (Phi) is 6.75. The molecule has 1 rings (SSSR count). The standard InChI is InChI=1S/C15H17NO4/c1-3-19-14(17)7-5-12-9-13(11-16-10-12)6-8-15(18)20-4-2/h5-11H,3-4H2,1-2H3/b7-5+,8-6+. The first-order chi connectivity index (χ1) is 9.65. The summed E-state index contributed by atoms with van der Waals surface area (Å²) < 4.78 is 9.56. The first-order valence-corrected chi connectivity index (χ1v) is 6.30. The van der Waals surface area contributed by atoms with E-state index in [-0.39, 0.29) is 0 Å². The Hall–Kier alpha value is -2.43. The molecule has 0 fully saturated rings. The molecule has 0 aliphatic heterocycles. The number of ether oxygens (including phenoxy) is 2. The molecule has 0 spiro atoms. The molecule has 0 bridgehead atoms. The van der Waals surface area contributed by atoms with Gasteiger partial charge in [-0.05, 0) is 43.2 Å². The molecule has 5 heteroatoms.